The lowest BCUT2D eigenvalue weighted by Crippen LogP contribution is -2.13. The van der Waals surface area contributed by atoms with Crippen molar-refractivity contribution in [2.45, 2.75) is 0 Å². The number of nitrogens with zero attached hydrogens (tertiary/aromatic N) is 2. The molecule has 0 unspecified atom stereocenters. The summed E-state index contributed by atoms with van der Waals surface area (Å²) in [6, 6.07) is 108. The highest BCUT2D eigenvalue weighted by atomic mass is 32.1. The maximum absolute atomic E-state index is 2.46. The Morgan fingerprint density at radius 3 is 1.45 bits per heavy atom. The van der Waals surface area contributed by atoms with Gasteiger partial charge in [-0.3, -0.25) is 0 Å². The normalized spacial score (nSPS) is 11.8. The van der Waals surface area contributed by atoms with Crippen LogP contribution in [0.25, 0.3) is 117 Å². The summed E-state index contributed by atoms with van der Waals surface area (Å²) < 4.78 is 5.11. The Hall–Kier alpha value is -9.84. The first-order valence-corrected chi connectivity index (χ1v) is 28.9. The molecule has 14 aromatic carbocycles. The molecule has 2 heterocycles. The summed E-state index contributed by atoms with van der Waals surface area (Å²) in [5, 5.41) is 15.0. The third-order valence-corrected chi connectivity index (χ3v) is 18.5. The lowest BCUT2D eigenvalue weighted by atomic mass is 9.91. The Labute approximate surface area is 471 Å². The first-order valence-electron chi connectivity index (χ1n) is 27.3. The number of thiophene rings is 2. The van der Waals surface area contributed by atoms with E-state index >= 15 is 0 Å². The van der Waals surface area contributed by atoms with Crippen LogP contribution in [0.3, 0.4) is 0 Å². The Bertz CT molecular complexity index is 5080. The van der Waals surface area contributed by atoms with Gasteiger partial charge in [-0.05, 0) is 174 Å². The molecule has 0 aliphatic rings. The predicted octanol–water partition coefficient (Wildman–Crippen LogP) is 23.0. The van der Waals surface area contributed by atoms with Crippen LogP contribution in [0.4, 0.5) is 34.1 Å². The summed E-state index contributed by atoms with van der Waals surface area (Å²) in [4.78, 5) is 4.90. The van der Waals surface area contributed by atoms with Crippen LogP contribution in [0.5, 0.6) is 0 Å². The van der Waals surface area contributed by atoms with E-state index in [-0.39, 0.29) is 0 Å². The fraction of sp³-hybridized carbons (Fsp3) is 0. The lowest BCUT2D eigenvalue weighted by molar-refractivity contribution is 1.26. The SMILES string of the molecule is c1ccc(-c2cc3cc(-c4ccc5sc6ccc(N(c7cccc(N(c8ccc(-c9cccc%10ccccc9%10)cc8)c8cccc9ccccc89)c7)c7ccc8sc9ccccc9c8c7)cc6c5c4)ccc3c3ccccc23)cc1. The molecule has 0 aliphatic heterocycles. The number of rotatable bonds is 9. The van der Waals surface area contributed by atoms with E-state index in [2.05, 4.69) is 301 Å². The Kier molecular flexibility index (Phi) is 11.0. The highest BCUT2D eigenvalue weighted by Gasteiger charge is 2.22. The van der Waals surface area contributed by atoms with Gasteiger partial charge >= 0.3 is 0 Å². The molecule has 4 heteroatoms. The van der Waals surface area contributed by atoms with Crippen molar-refractivity contribution < 1.29 is 0 Å². The molecular formula is C76H48N2S2. The Morgan fingerprint density at radius 2 is 0.688 bits per heavy atom. The molecule has 0 aliphatic carbocycles. The van der Waals surface area contributed by atoms with Gasteiger partial charge in [-0.1, -0.05) is 188 Å². The highest BCUT2D eigenvalue weighted by molar-refractivity contribution is 7.26. The van der Waals surface area contributed by atoms with Gasteiger partial charge in [-0.25, -0.2) is 0 Å². The quantitative estimate of drug-likeness (QED) is 0.133. The van der Waals surface area contributed by atoms with Crippen LogP contribution in [0, 0.1) is 0 Å². The number of anilines is 6. The van der Waals surface area contributed by atoms with Crippen molar-refractivity contribution in [3.8, 4) is 33.4 Å². The average molecular weight is 1050 g/mol. The number of benzene rings is 14. The van der Waals surface area contributed by atoms with Gasteiger partial charge in [-0.2, -0.15) is 0 Å². The number of fused-ring (bicyclic) bond motifs is 11. The van der Waals surface area contributed by atoms with Crippen LogP contribution in [0.1, 0.15) is 0 Å². The molecule has 0 saturated carbocycles. The fourth-order valence-electron chi connectivity index (χ4n) is 12.4. The van der Waals surface area contributed by atoms with Crippen molar-refractivity contribution in [1.29, 1.82) is 0 Å². The zero-order valence-corrected chi connectivity index (χ0v) is 45.1. The molecule has 0 fully saturated rings. The number of hydrogen-bond donors (Lipinski definition) is 0. The van der Waals surface area contributed by atoms with E-state index in [1.807, 2.05) is 22.7 Å². The molecule has 0 atom stereocenters. The predicted molar refractivity (Wildman–Crippen MR) is 348 cm³/mol. The molecule has 16 aromatic rings. The largest absolute Gasteiger partial charge is 0.310 e. The highest BCUT2D eigenvalue weighted by Crippen LogP contribution is 2.47. The van der Waals surface area contributed by atoms with Gasteiger partial charge in [0.1, 0.15) is 0 Å². The van der Waals surface area contributed by atoms with Gasteiger partial charge in [0, 0.05) is 74.2 Å². The second-order valence-corrected chi connectivity index (χ2v) is 23.0. The van der Waals surface area contributed by atoms with Gasteiger partial charge in [0.15, 0.2) is 0 Å². The van der Waals surface area contributed by atoms with Crippen LogP contribution in [-0.2, 0) is 0 Å². The van der Waals surface area contributed by atoms with Gasteiger partial charge in [0.2, 0.25) is 0 Å². The molecule has 0 saturated heterocycles. The van der Waals surface area contributed by atoms with E-state index < -0.39 is 0 Å². The molecule has 16 rings (SSSR count). The molecule has 80 heavy (non-hydrogen) atoms. The van der Waals surface area contributed by atoms with Crippen molar-refractivity contribution in [2.75, 3.05) is 9.80 Å². The smallest absolute Gasteiger partial charge is 0.0540 e. The molecule has 0 amide bonds. The third-order valence-electron chi connectivity index (χ3n) is 16.2. The second kappa shape index (κ2) is 19.0. The molecular weight excluding hydrogens is 1000 g/mol. The molecule has 374 valence electrons. The molecule has 2 aromatic heterocycles. The van der Waals surface area contributed by atoms with Crippen molar-refractivity contribution in [2.24, 2.45) is 0 Å². The second-order valence-electron chi connectivity index (χ2n) is 20.8. The summed E-state index contributed by atoms with van der Waals surface area (Å²) in [5.74, 6) is 0. The van der Waals surface area contributed by atoms with Gasteiger partial charge in [0.05, 0.1) is 5.69 Å². The molecule has 0 N–H and O–H groups in total. The van der Waals surface area contributed by atoms with E-state index in [0.29, 0.717) is 0 Å². The summed E-state index contributed by atoms with van der Waals surface area (Å²) in [6.45, 7) is 0. The maximum atomic E-state index is 2.46. The fourth-order valence-corrected chi connectivity index (χ4v) is 14.6. The van der Waals surface area contributed by atoms with Crippen molar-refractivity contribution in [3.05, 3.63) is 291 Å². The summed E-state index contributed by atoms with van der Waals surface area (Å²) in [7, 11) is 0. The van der Waals surface area contributed by atoms with Crippen LogP contribution >= 0.6 is 22.7 Å². The first kappa shape index (κ1) is 46.3. The van der Waals surface area contributed by atoms with Gasteiger partial charge in [-0.15, -0.1) is 22.7 Å². The average Bonchev–Trinajstić information content (AvgIpc) is 4.13. The van der Waals surface area contributed by atoms with Crippen LogP contribution in [-0.4, -0.2) is 0 Å². The molecule has 0 spiro atoms. The van der Waals surface area contributed by atoms with E-state index in [0.717, 1.165) is 34.1 Å². The monoisotopic (exact) mass is 1050 g/mol. The minimum Gasteiger partial charge on any atom is -0.310 e. The minimum atomic E-state index is 1.06. The maximum Gasteiger partial charge on any atom is 0.0540 e. The number of hydrogen-bond acceptors (Lipinski definition) is 4. The van der Waals surface area contributed by atoms with Crippen LogP contribution < -0.4 is 9.80 Å². The molecule has 0 bridgehead atoms. The lowest BCUT2D eigenvalue weighted by Gasteiger charge is -2.30. The zero-order valence-electron chi connectivity index (χ0n) is 43.4. The standard InChI is InChI=1S/C76H48N2S2/c1-2-15-51(16-3-1)68-45-55-43-53(33-39-63(55)65-25-8-9-26-66(65)68)54-34-40-74-69(44-54)71-48-60(38-42-76(71)80-74)77(59-37-41-75-70(47-59)67-27-10-11-30-73(67)79-75)57-21-14-22-58(46-57)78(72-29-13-20-50-18-5-7-24-64(50)72)56-35-31-52(32-36-56)62-28-12-19-49-17-4-6-23-61(49)62/h1-48H. The van der Waals surface area contributed by atoms with E-state index in [4.69, 9.17) is 0 Å². The first-order chi connectivity index (χ1) is 39.6. The Morgan fingerprint density at radius 1 is 0.200 bits per heavy atom. The third kappa shape index (κ3) is 7.83. The minimum absolute atomic E-state index is 1.06. The van der Waals surface area contributed by atoms with Gasteiger partial charge in [0.25, 0.3) is 0 Å². The topological polar surface area (TPSA) is 6.48 Å². The van der Waals surface area contributed by atoms with E-state index in [1.165, 1.54) is 117 Å². The summed E-state index contributed by atoms with van der Waals surface area (Å²) in [5.41, 5.74) is 13.8. The van der Waals surface area contributed by atoms with Crippen molar-refractivity contribution >= 4 is 140 Å². The van der Waals surface area contributed by atoms with Crippen molar-refractivity contribution in [3.63, 3.8) is 0 Å². The van der Waals surface area contributed by atoms with Crippen molar-refractivity contribution in [1.82, 2.24) is 0 Å². The Balaban J connectivity index is 0.853. The van der Waals surface area contributed by atoms with Gasteiger partial charge < -0.3 is 9.80 Å². The zero-order chi connectivity index (χ0) is 52.7. The molecule has 0 radical (unpaired) electrons. The van der Waals surface area contributed by atoms with E-state index in [1.54, 1.807) is 0 Å². The summed E-state index contributed by atoms with van der Waals surface area (Å²) in [6.07, 6.45) is 0. The van der Waals surface area contributed by atoms with Crippen LogP contribution in [0.15, 0.2) is 291 Å². The van der Waals surface area contributed by atoms with E-state index in [9.17, 15) is 0 Å². The summed E-state index contributed by atoms with van der Waals surface area (Å²) >= 11 is 3.72. The molecule has 2 nitrogen and oxygen atoms in total. The van der Waals surface area contributed by atoms with Crippen LogP contribution in [0.2, 0.25) is 0 Å².